The van der Waals surface area contributed by atoms with Gasteiger partial charge in [-0.05, 0) is 58.7 Å². The summed E-state index contributed by atoms with van der Waals surface area (Å²) in [6.45, 7) is 1.91. The molecule has 0 atom stereocenters. The van der Waals surface area contributed by atoms with Gasteiger partial charge in [0.15, 0.2) is 0 Å². The monoisotopic (exact) mass is 338 g/mol. The van der Waals surface area contributed by atoms with Crippen molar-refractivity contribution in [2.75, 3.05) is 11.1 Å². The van der Waals surface area contributed by atoms with E-state index in [4.69, 9.17) is 17.3 Å². The lowest BCUT2D eigenvalue weighted by Gasteiger charge is -2.08. The van der Waals surface area contributed by atoms with Crippen LogP contribution in [0.1, 0.15) is 15.9 Å². The summed E-state index contributed by atoms with van der Waals surface area (Å²) in [7, 11) is 0. The third-order valence-corrected chi connectivity index (χ3v) is 3.79. The number of nitrogens with one attached hydrogen (secondary N) is 1. The average molecular weight is 340 g/mol. The standard InChI is InChI=1S/C14H12BrClN2O/c1-8-2-4-10(7-12(8)16)18-14(19)9-3-5-13(17)11(15)6-9/h2-7H,17H2,1H3,(H,18,19). The predicted octanol–water partition coefficient (Wildman–Crippen LogP) is 4.25. The highest BCUT2D eigenvalue weighted by atomic mass is 79.9. The first-order chi connectivity index (χ1) is 8.97. The molecule has 5 heteroatoms. The molecule has 0 aliphatic rings. The van der Waals surface area contributed by atoms with Gasteiger partial charge in [-0.25, -0.2) is 0 Å². The Hall–Kier alpha value is -1.52. The highest BCUT2D eigenvalue weighted by Gasteiger charge is 2.08. The smallest absolute Gasteiger partial charge is 0.255 e. The Balaban J connectivity index is 2.20. The molecule has 1 amide bonds. The Bertz CT molecular complexity index is 643. The normalized spacial score (nSPS) is 10.3. The van der Waals surface area contributed by atoms with Gasteiger partial charge < -0.3 is 11.1 Å². The second-order valence-corrected chi connectivity index (χ2v) is 5.42. The van der Waals surface area contributed by atoms with Crippen molar-refractivity contribution in [1.29, 1.82) is 0 Å². The molecule has 0 saturated heterocycles. The SMILES string of the molecule is Cc1ccc(NC(=O)c2ccc(N)c(Br)c2)cc1Cl. The van der Waals surface area contributed by atoms with E-state index in [0.29, 0.717) is 26.4 Å². The number of nitrogen functional groups attached to an aromatic ring is 1. The summed E-state index contributed by atoms with van der Waals surface area (Å²) < 4.78 is 0.696. The molecule has 2 aromatic rings. The van der Waals surface area contributed by atoms with Gasteiger partial charge in [0.2, 0.25) is 0 Å². The molecule has 3 N–H and O–H groups in total. The molecule has 0 radical (unpaired) electrons. The van der Waals surface area contributed by atoms with Crippen LogP contribution in [-0.2, 0) is 0 Å². The Labute approximate surface area is 124 Å². The van der Waals surface area contributed by atoms with E-state index in [0.717, 1.165) is 5.56 Å². The molecule has 0 aliphatic heterocycles. The Morgan fingerprint density at radius 3 is 2.63 bits per heavy atom. The highest BCUT2D eigenvalue weighted by Crippen LogP contribution is 2.23. The van der Waals surface area contributed by atoms with Gasteiger partial charge in [0.25, 0.3) is 5.91 Å². The van der Waals surface area contributed by atoms with Crippen LogP contribution in [0.2, 0.25) is 5.02 Å². The number of anilines is 2. The summed E-state index contributed by atoms with van der Waals surface area (Å²) in [5, 5.41) is 3.41. The van der Waals surface area contributed by atoms with Crippen LogP contribution >= 0.6 is 27.5 Å². The number of aryl methyl sites for hydroxylation is 1. The van der Waals surface area contributed by atoms with Gasteiger partial charge in [-0.2, -0.15) is 0 Å². The van der Waals surface area contributed by atoms with E-state index >= 15 is 0 Å². The minimum absolute atomic E-state index is 0.208. The van der Waals surface area contributed by atoms with Crippen molar-refractivity contribution in [2.24, 2.45) is 0 Å². The van der Waals surface area contributed by atoms with E-state index in [-0.39, 0.29) is 5.91 Å². The molecule has 0 heterocycles. The Morgan fingerprint density at radius 2 is 2.00 bits per heavy atom. The third kappa shape index (κ3) is 3.28. The Kier molecular flexibility index (Phi) is 4.12. The highest BCUT2D eigenvalue weighted by molar-refractivity contribution is 9.10. The van der Waals surface area contributed by atoms with Crippen LogP contribution in [0.5, 0.6) is 0 Å². The Morgan fingerprint density at radius 1 is 1.26 bits per heavy atom. The number of hydrogen-bond acceptors (Lipinski definition) is 2. The topological polar surface area (TPSA) is 55.1 Å². The number of amides is 1. The molecule has 0 aliphatic carbocycles. The van der Waals surface area contributed by atoms with Crippen molar-refractivity contribution < 1.29 is 4.79 Å². The van der Waals surface area contributed by atoms with Crippen molar-refractivity contribution >= 4 is 44.8 Å². The van der Waals surface area contributed by atoms with Crippen LogP contribution in [-0.4, -0.2) is 5.91 Å². The van der Waals surface area contributed by atoms with Crippen LogP contribution < -0.4 is 11.1 Å². The first kappa shape index (κ1) is 13.9. The van der Waals surface area contributed by atoms with Crippen molar-refractivity contribution in [2.45, 2.75) is 6.92 Å². The summed E-state index contributed by atoms with van der Waals surface area (Å²) in [5.41, 5.74) is 8.43. The molecule has 0 bridgehead atoms. The van der Waals surface area contributed by atoms with Gasteiger partial charge >= 0.3 is 0 Å². The van der Waals surface area contributed by atoms with Gasteiger partial charge in [-0.15, -0.1) is 0 Å². The maximum absolute atomic E-state index is 12.1. The zero-order valence-electron chi connectivity index (χ0n) is 10.2. The molecule has 0 aromatic heterocycles. The van der Waals surface area contributed by atoms with Crippen molar-refractivity contribution in [3.8, 4) is 0 Å². The lowest BCUT2D eigenvalue weighted by atomic mass is 10.2. The molecule has 19 heavy (non-hydrogen) atoms. The quantitative estimate of drug-likeness (QED) is 0.804. The predicted molar refractivity (Wildman–Crippen MR) is 82.7 cm³/mol. The lowest BCUT2D eigenvalue weighted by Crippen LogP contribution is -2.12. The van der Waals surface area contributed by atoms with Crippen LogP contribution in [0.3, 0.4) is 0 Å². The number of carbonyl (C=O) groups is 1. The van der Waals surface area contributed by atoms with E-state index in [2.05, 4.69) is 21.2 Å². The van der Waals surface area contributed by atoms with Crippen molar-refractivity contribution in [3.05, 3.63) is 57.0 Å². The molecule has 0 unspecified atom stereocenters. The third-order valence-electron chi connectivity index (χ3n) is 2.69. The molecule has 3 nitrogen and oxygen atoms in total. The average Bonchev–Trinajstić information content (AvgIpc) is 2.37. The van der Waals surface area contributed by atoms with Crippen LogP contribution in [0.25, 0.3) is 0 Å². The summed E-state index contributed by atoms with van der Waals surface area (Å²) in [5.74, 6) is -0.208. The summed E-state index contributed by atoms with van der Waals surface area (Å²) in [4.78, 5) is 12.1. The van der Waals surface area contributed by atoms with Crippen LogP contribution in [0.15, 0.2) is 40.9 Å². The molecular formula is C14H12BrClN2O. The zero-order chi connectivity index (χ0) is 14.0. The number of rotatable bonds is 2. The summed E-state index contributed by atoms with van der Waals surface area (Å²) in [6, 6.07) is 10.4. The van der Waals surface area contributed by atoms with E-state index in [1.54, 1.807) is 24.3 Å². The fraction of sp³-hybridized carbons (Fsp3) is 0.0714. The number of nitrogens with two attached hydrogens (primary N) is 1. The lowest BCUT2D eigenvalue weighted by molar-refractivity contribution is 0.102. The second kappa shape index (κ2) is 5.63. The van der Waals surface area contributed by atoms with Gasteiger partial charge in [-0.1, -0.05) is 17.7 Å². The minimum Gasteiger partial charge on any atom is -0.398 e. The largest absolute Gasteiger partial charge is 0.398 e. The van der Waals surface area contributed by atoms with E-state index in [9.17, 15) is 4.79 Å². The summed E-state index contributed by atoms with van der Waals surface area (Å²) >= 11 is 9.31. The molecule has 2 rings (SSSR count). The fourth-order valence-electron chi connectivity index (χ4n) is 1.54. The van der Waals surface area contributed by atoms with E-state index in [1.165, 1.54) is 0 Å². The first-order valence-corrected chi connectivity index (χ1v) is 6.77. The maximum Gasteiger partial charge on any atom is 0.255 e. The van der Waals surface area contributed by atoms with Crippen LogP contribution in [0.4, 0.5) is 11.4 Å². The summed E-state index contributed by atoms with van der Waals surface area (Å²) in [6.07, 6.45) is 0. The number of carbonyl (C=O) groups excluding carboxylic acids is 1. The molecule has 0 fully saturated rings. The zero-order valence-corrected chi connectivity index (χ0v) is 12.5. The molecule has 0 spiro atoms. The number of halogens is 2. The van der Waals surface area contributed by atoms with Gasteiger partial charge in [0, 0.05) is 26.4 Å². The van der Waals surface area contributed by atoms with E-state index in [1.807, 2.05) is 19.1 Å². The van der Waals surface area contributed by atoms with Gasteiger partial charge in [0.05, 0.1) is 0 Å². The van der Waals surface area contributed by atoms with E-state index < -0.39 is 0 Å². The minimum atomic E-state index is -0.208. The van der Waals surface area contributed by atoms with Crippen LogP contribution in [0, 0.1) is 6.92 Å². The fourth-order valence-corrected chi connectivity index (χ4v) is 2.10. The second-order valence-electron chi connectivity index (χ2n) is 4.15. The maximum atomic E-state index is 12.1. The van der Waals surface area contributed by atoms with Crippen molar-refractivity contribution in [3.63, 3.8) is 0 Å². The molecular weight excluding hydrogens is 328 g/mol. The number of hydrogen-bond donors (Lipinski definition) is 2. The number of benzene rings is 2. The molecule has 0 saturated carbocycles. The molecule has 2 aromatic carbocycles. The van der Waals surface area contributed by atoms with Gasteiger partial charge in [0.1, 0.15) is 0 Å². The first-order valence-electron chi connectivity index (χ1n) is 5.60. The van der Waals surface area contributed by atoms with Gasteiger partial charge in [-0.3, -0.25) is 4.79 Å². The van der Waals surface area contributed by atoms with Crippen molar-refractivity contribution in [1.82, 2.24) is 0 Å². The molecule has 98 valence electrons.